The molecule has 3 N–H and O–H groups in total. The molecule has 98 valence electrons. The number of rotatable bonds is 3. The average Bonchev–Trinajstić information content (AvgIpc) is 2.25. The van der Waals surface area contributed by atoms with Gasteiger partial charge in [-0.15, -0.1) is 0 Å². The second kappa shape index (κ2) is 5.80. The molecule has 0 unspecified atom stereocenters. The Bertz CT molecular complexity index is 288. The van der Waals surface area contributed by atoms with Crippen LogP contribution in [0.3, 0.4) is 0 Å². The van der Waals surface area contributed by atoms with E-state index in [1.165, 1.54) is 0 Å². The second-order valence-electron chi connectivity index (χ2n) is 6.10. The fraction of sp³-hybridized carbons (Fsp3) is 0.846. The standard InChI is InChI=1S/C13H24N2OS/c1-13(2,3)10-6-4-9(5-7-10)12(16)15-8-11(14)17/h9-10H,4-8H2,1-3H3,(H2,14,17)(H,15,16). The molecule has 17 heavy (non-hydrogen) atoms. The summed E-state index contributed by atoms with van der Waals surface area (Å²) in [5.41, 5.74) is 5.73. The summed E-state index contributed by atoms with van der Waals surface area (Å²) in [7, 11) is 0. The monoisotopic (exact) mass is 256 g/mol. The molecule has 1 fully saturated rings. The van der Waals surface area contributed by atoms with Crippen LogP contribution >= 0.6 is 12.2 Å². The number of nitrogens with two attached hydrogens (primary N) is 1. The molecule has 4 heteroatoms. The molecule has 0 bridgehead atoms. The van der Waals surface area contributed by atoms with E-state index in [1.807, 2.05) is 0 Å². The van der Waals surface area contributed by atoms with Crippen LogP contribution in [0, 0.1) is 17.3 Å². The SMILES string of the molecule is CC(C)(C)C1CCC(C(=O)NCC(N)=S)CC1. The molecule has 0 heterocycles. The van der Waals surface area contributed by atoms with Crippen LogP contribution in [0.2, 0.25) is 0 Å². The lowest BCUT2D eigenvalue weighted by Gasteiger charge is -2.36. The summed E-state index contributed by atoms with van der Waals surface area (Å²) < 4.78 is 0. The molecule has 0 aromatic carbocycles. The Morgan fingerprint density at radius 3 is 2.24 bits per heavy atom. The first kappa shape index (κ1) is 14.4. The normalized spacial score (nSPS) is 25.4. The van der Waals surface area contributed by atoms with Gasteiger partial charge in [0.2, 0.25) is 5.91 Å². The Kier molecular flexibility index (Phi) is 4.92. The summed E-state index contributed by atoms with van der Waals surface area (Å²) in [6.07, 6.45) is 4.28. The topological polar surface area (TPSA) is 55.1 Å². The Morgan fingerprint density at radius 1 is 1.29 bits per heavy atom. The quantitative estimate of drug-likeness (QED) is 0.761. The third-order valence-electron chi connectivity index (χ3n) is 3.76. The van der Waals surface area contributed by atoms with Gasteiger partial charge in [-0.25, -0.2) is 0 Å². The summed E-state index contributed by atoms with van der Waals surface area (Å²) >= 11 is 4.75. The zero-order valence-corrected chi connectivity index (χ0v) is 11.9. The van der Waals surface area contributed by atoms with E-state index in [4.69, 9.17) is 18.0 Å². The third kappa shape index (κ3) is 4.62. The van der Waals surface area contributed by atoms with E-state index in [9.17, 15) is 4.79 Å². The van der Waals surface area contributed by atoms with Gasteiger partial charge in [-0.1, -0.05) is 33.0 Å². The van der Waals surface area contributed by atoms with Crippen LogP contribution in [0.5, 0.6) is 0 Å². The van der Waals surface area contributed by atoms with Crippen molar-refractivity contribution in [2.24, 2.45) is 23.0 Å². The maximum atomic E-state index is 11.8. The molecule has 0 aliphatic heterocycles. The molecular weight excluding hydrogens is 232 g/mol. The van der Waals surface area contributed by atoms with Crippen LogP contribution in [0.25, 0.3) is 0 Å². The molecule has 0 aromatic heterocycles. The smallest absolute Gasteiger partial charge is 0.223 e. The van der Waals surface area contributed by atoms with Crippen molar-refractivity contribution in [3.05, 3.63) is 0 Å². The fourth-order valence-electron chi connectivity index (χ4n) is 2.54. The minimum absolute atomic E-state index is 0.116. The summed E-state index contributed by atoms with van der Waals surface area (Å²) in [5.74, 6) is 1.01. The van der Waals surface area contributed by atoms with Gasteiger partial charge in [-0.2, -0.15) is 0 Å². The first-order valence-electron chi connectivity index (χ1n) is 6.36. The van der Waals surface area contributed by atoms with E-state index in [-0.39, 0.29) is 11.8 Å². The number of amides is 1. The molecule has 3 nitrogen and oxygen atoms in total. The van der Waals surface area contributed by atoms with Crippen LogP contribution in [-0.2, 0) is 4.79 Å². The van der Waals surface area contributed by atoms with Gasteiger partial charge >= 0.3 is 0 Å². The number of hydrogen-bond donors (Lipinski definition) is 2. The second-order valence-corrected chi connectivity index (χ2v) is 6.62. The minimum Gasteiger partial charge on any atom is -0.392 e. The van der Waals surface area contributed by atoms with E-state index in [0.29, 0.717) is 16.9 Å². The number of carbonyl (C=O) groups excluding carboxylic acids is 1. The third-order valence-corrected chi connectivity index (χ3v) is 3.90. The van der Waals surface area contributed by atoms with Gasteiger partial charge in [0.25, 0.3) is 0 Å². The lowest BCUT2D eigenvalue weighted by Crippen LogP contribution is -2.38. The fourth-order valence-corrected chi connectivity index (χ4v) is 2.61. The molecule has 0 spiro atoms. The van der Waals surface area contributed by atoms with Gasteiger partial charge in [-0.3, -0.25) is 4.79 Å². The molecule has 0 atom stereocenters. The maximum Gasteiger partial charge on any atom is 0.223 e. The Labute approximate surface area is 110 Å². The average molecular weight is 256 g/mol. The van der Waals surface area contributed by atoms with Crippen molar-refractivity contribution in [2.75, 3.05) is 6.54 Å². The Hall–Kier alpha value is -0.640. The summed E-state index contributed by atoms with van der Waals surface area (Å²) in [4.78, 5) is 12.2. The van der Waals surface area contributed by atoms with E-state index in [2.05, 4.69) is 26.1 Å². The highest BCUT2D eigenvalue weighted by molar-refractivity contribution is 7.80. The first-order valence-corrected chi connectivity index (χ1v) is 6.77. The minimum atomic E-state index is 0.116. The maximum absolute atomic E-state index is 11.8. The van der Waals surface area contributed by atoms with Gasteiger partial charge in [0, 0.05) is 5.92 Å². The predicted octanol–water partition coefficient (Wildman–Crippen LogP) is 2.24. The van der Waals surface area contributed by atoms with E-state index in [1.54, 1.807) is 0 Å². The zero-order valence-electron chi connectivity index (χ0n) is 11.1. The highest BCUT2D eigenvalue weighted by atomic mass is 32.1. The van der Waals surface area contributed by atoms with Crippen LogP contribution in [0.1, 0.15) is 46.5 Å². The van der Waals surface area contributed by atoms with E-state index in [0.717, 1.165) is 31.6 Å². The zero-order chi connectivity index (χ0) is 13.1. The van der Waals surface area contributed by atoms with Crippen molar-refractivity contribution in [3.8, 4) is 0 Å². The van der Waals surface area contributed by atoms with Crippen LogP contribution in [0.15, 0.2) is 0 Å². The van der Waals surface area contributed by atoms with Crippen molar-refractivity contribution in [3.63, 3.8) is 0 Å². The van der Waals surface area contributed by atoms with Crippen molar-refractivity contribution in [1.29, 1.82) is 0 Å². The molecule has 1 rings (SSSR count). The van der Waals surface area contributed by atoms with E-state index >= 15 is 0 Å². The summed E-state index contributed by atoms with van der Waals surface area (Å²) in [6.45, 7) is 7.17. The van der Waals surface area contributed by atoms with Crippen LogP contribution in [-0.4, -0.2) is 17.4 Å². The molecule has 1 aliphatic carbocycles. The van der Waals surface area contributed by atoms with Crippen molar-refractivity contribution in [1.82, 2.24) is 5.32 Å². The highest BCUT2D eigenvalue weighted by Gasteiger charge is 2.32. The number of thiocarbonyl (C=S) groups is 1. The number of carbonyl (C=O) groups is 1. The molecule has 0 saturated heterocycles. The van der Waals surface area contributed by atoms with Crippen molar-refractivity contribution < 1.29 is 4.79 Å². The highest BCUT2D eigenvalue weighted by Crippen LogP contribution is 2.39. The Morgan fingerprint density at radius 2 is 1.82 bits per heavy atom. The molecule has 1 aliphatic rings. The molecule has 1 amide bonds. The van der Waals surface area contributed by atoms with Crippen molar-refractivity contribution >= 4 is 23.1 Å². The largest absolute Gasteiger partial charge is 0.392 e. The summed E-state index contributed by atoms with van der Waals surface area (Å²) in [5, 5.41) is 2.80. The number of hydrogen-bond acceptors (Lipinski definition) is 2. The van der Waals surface area contributed by atoms with Gasteiger partial charge < -0.3 is 11.1 Å². The lowest BCUT2D eigenvalue weighted by molar-refractivity contribution is -0.126. The lowest BCUT2D eigenvalue weighted by atomic mass is 9.70. The predicted molar refractivity (Wildman–Crippen MR) is 74.7 cm³/mol. The van der Waals surface area contributed by atoms with Crippen LogP contribution < -0.4 is 11.1 Å². The first-order chi connectivity index (χ1) is 7.80. The van der Waals surface area contributed by atoms with E-state index < -0.39 is 0 Å². The van der Waals surface area contributed by atoms with Gasteiger partial charge in [0.1, 0.15) is 0 Å². The van der Waals surface area contributed by atoms with Gasteiger partial charge in [-0.05, 0) is 37.0 Å². The van der Waals surface area contributed by atoms with Gasteiger partial charge in [0.05, 0.1) is 11.5 Å². The van der Waals surface area contributed by atoms with Crippen LogP contribution in [0.4, 0.5) is 0 Å². The Balaban J connectivity index is 2.36. The van der Waals surface area contributed by atoms with Crippen molar-refractivity contribution in [2.45, 2.75) is 46.5 Å². The number of nitrogens with one attached hydrogen (secondary N) is 1. The molecule has 0 aromatic rings. The van der Waals surface area contributed by atoms with Gasteiger partial charge in [0.15, 0.2) is 0 Å². The molecule has 0 radical (unpaired) electrons. The summed E-state index contributed by atoms with van der Waals surface area (Å²) in [6, 6.07) is 0. The molecular formula is C13H24N2OS. The molecule has 1 saturated carbocycles.